The van der Waals surface area contributed by atoms with E-state index in [1.54, 1.807) is 25.6 Å². The van der Waals surface area contributed by atoms with Crippen molar-refractivity contribution in [3.05, 3.63) is 61.7 Å². The van der Waals surface area contributed by atoms with Crippen LogP contribution in [0.25, 0.3) is 0 Å². The number of nitrogens with zero attached hydrogens (tertiary/aromatic N) is 1. The van der Waals surface area contributed by atoms with E-state index in [-0.39, 0.29) is 18.5 Å². The summed E-state index contributed by atoms with van der Waals surface area (Å²) in [5.41, 5.74) is 9.48. The maximum absolute atomic E-state index is 13.2. The molecular weight excluding hydrogens is 470 g/mol. The van der Waals surface area contributed by atoms with Crippen molar-refractivity contribution >= 4 is 39.5 Å². The van der Waals surface area contributed by atoms with Crippen LogP contribution in [0.4, 0.5) is 5.00 Å². The highest BCUT2D eigenvalue weighted by atomic mass is 32.1. The number of thiophene rings is 2. The van der Waals surface area contributed by atoms with Crippen molar-refractivity contribution in [2.45, 2.75) is 31.7 Å². The number of benzene rings is 1. The van der Waals surface area contributed by atoms with Crippen LogP contribution in [0.5, 0.6) is 11.5 Å². The van der Waals surface area contributed by atoms with E-state index in [4.69, 9.17) is 15.2 Å². The van der Waals surface area contributed by atoms with Gasteiger partial charge < -0.3 is 20.5 Å². The predicted molar refractivity (Wildman–Crippen MR) is 134 cm³/mol. The van der Waals surface area contributed by atoms with Gasteiger partial charge in [0.1, 0.15) is 5.00 Å². The summed E-state index contributed by atoms with van der Waals surface area (Å²) in [6.45, 7) is 0.930. The third-order valence-electron chi connectivity index (χ3n) is 6.55. The Hall–Kier alpha value is -2.88. The number of carbonyl (C=O) groups excluding carboxylic acids is 2. The topological polar surface area (TPSA) is 93.9 Å². The van der Waals surface area contributed by atoms with Gasteiger partial charge in [-0.2, -0.15) is 0 Å². The molecule has 0 saturated carbocycles. The van der Waals surface area contributed by atoms with Gasteiger partial charge in [-0.25, -0.2) is 0 Å². The first kappa shape index (κ1) is 22.9. The van der Waals surface area contributed by atoms with Gasteiger partial charge in [0, 0.05) is 16.3 Å². The first-order valence-electron chi connectivity index (χ1n) is 11.3. The Morgan fingerprint density at radius 3 is 2.68 bits per heavy atom. The fourth-order valence-electron chi connectivity index (χ4n) is 5.05. The van der Waals surface area contributed by atoms with Crippen molar-refractivity contribution in [1.82, 2.24) is 4.90 Å². The van der Waals surface area contributed by atoms with E-state index in [9.17, 15) is 9.59 Å². The van der Waals surface area contributed by atoms with Gasteiger partial charge in [0.25, 0.3) is 5.91 Å². The normalized spacial score (nSPS) is 17.2. The van der Waals surface area contributed by atoms with Crippen molar-refractivity contribution in [2.75, 3.05) is 32.6 Å². The van der Waals surface area contributed by atoms with Crippen LogP contribution in [0.3, 0.4) is 0 Å². The summed E-state index contributed by atoms with van der Waals surface area (Å²) in [4.78, 5) is 29.8. The molecular formula is C25H27N3O4S2. The molecule has 0 spiro atoms. The number of carbonyl (C=O) groups is 2. The number of nitrogens with two attached hydrogens (primary N) is 1. The monoisotopic (exact) mass is 497 g/mol. The average molecular weight is 498 g/mol. The van der Waals surface area contributed by atoms with Crippen LogP contribution in [-0.2, 0) is 24.1 Å². The van der Waals surface area contributed by atoms with Gasteiger partial charge >= 0.3 is 0 Å². The number of aryl methyl sites for hydroxylation is 1. The molecule has 2 amide bonds. The number of anilines is 1. The zero-order chi connectivity index (χ0) is 23.8. The van der Waals surface area contributed by atoms with Gasteiger partial charge in [0.15, 0.2) is 11.5 Å². The molecule has 0 radical (unpaired) electrons. The quantitative estimate of drug-likeness (QED) is 0.515. The maximum atomic E-state index is 13.2. The van der Waals surface area contributed by atoms with Crippen LogP contribution < -0.4 is 20.5 Å². The Morgan fingerprint density at radius 2 is 1.97 bits per heavy atom. The van der Waals surface area contributed by atoms with E-state index in [2.05, 4.69) is 21.7 Å². The lowest BCUT2D eigenvalue weighted by molar-refractivity contribution is -0.117. The smallest absolute Gasteiger partial charge is 0.251 e. The van der Waals surface area contributed by atoms with E-state index in [0.29, 0.717) is 22.1 Å². The summed E-state index contributed by atoms with van der Waals surface area (Å²) < 4.78 is 11.1. The minimum Gasteiger partial charge on any atom is -0.493 e. The van der Waals surface area contributed by atoms with Crippen molar-refractivity contribution < 1.29 is 19.1 Å². The van der Waals surface area contributed by atoms with Crippen LogP contribution in [-0.4, -0.2) is 44.0 Å². The second kappa shape index (κ2) is 9.40. The average Bonchev–Trinajstić information content (AvgIpc) is 3.55. The van der Waals surface area contributed by atoms with Crippen molar-refractivity contribution in [3.63, 3.8) is 0 Å². The first-order valence-corrected chi connectivity index (χ1v) is 13.0. The minimum atomic E-state index is -0.473. The van der Waals surface area contributed by atoms with Gasteiger partial charge in [0.2, 0.25) is 5.91 Å². The van der Waals surface area contributed by atoms with Crippen LogP contribution in [0, 0.1) is 0 Å². The molecule has 0 saturated heterocycles. The minimum absolute atomic E-state index is 0.0711. The van der Waals surface area contributed by atoms with E-state index in [0.717, 1.165) is 53.1 Å². The van der Waals surface area contributed by atoms with Gasteiger partial charge in [-0.05, 0) is 66.0 Å². The molecule has 1 aliphatic carbocycles. The standard InChI is InChI=1S/C25H27N3O4S2/c1-31-17-11-14-8-9-28(23(20-7-4-10-33-20)16(14)12-18(17)32-2)13-21(29)27-25-22(24(26)30)15-5-3-6-19(15)34-25/h4,7,10-12,23H,3,5-6,8-9,13H2,1-2H3,(H2,26,30)(H,27,29)/t23-/m1/s1. The summed E-state index contributed by atoms with van der Waals surface area (Å²) >= 11 is 3.15. The highest BCUT2D eigenvalue weighted by molar-refractivity contribution is 7.17. The molecule has 34 heavy (non-hydrogen) atoms. The van der Waals surface area contributed by atoms with Crippen molar-refractivity contribution in [2.24, 2.45) is 5.73 Å². The number of hydrogen-bond acceptors (Lipinski definition) is 7. The number of ether oxygens (including phenoxy) is 2. The largest absolute Gasteiger partial charge is 0.493 e. The molecule has 5 rings (SSSR count). The Kier molecular flexibility index (Phi) is 6.33. The van der Waals surface area contributed by atoms with Crippen LogP contribution in [0.1, 0.15) is 49.3 Å². The number of methoxy groups -OCH3 is 2. The number of hydrogen-bond donors (Lipinski definition) is 2. The summed E-state index contributed by atoms with van der Waals surface area (Å²) in [7, 11) is 3.27. The van der Waals surface area contributed by atoms with Crippen LogP contribution in [0.2, 0.25) is 0 Å². The maximum Gasteiger partial charge on any atom is 0.251 e. The second-order valence-corrected chi connectivity index (χ2v) is 10.6. The molecule has 178 valence electrons. The van der Waals surface area contributed by atoms with Gasteiger partial charge in [-0.15, -0.1) is 22.7 Å². The zero-order valence-corrected chi connectivity index (χ0v) is 20.8. The fourth-order valence-corrected chi connectivity index (χ4v) is 7.24. The third-order valence-corrected chi connectivity index (χ3v) is 8.69. The third kappa shape index (κ3) is 4.08. The Balaban J connectivity index is 1.43. The SMILES string of the molecule is COc1cc2c(cc1OC)[C@H](c1cccs1)N(CC(=O)Nc1sc3c(c1C(N)=O)CCC3)CC2. The predicted octanol–water partition coefficient (Wildman–Crippen LogP) is 4.00. The van der Waals surface area contributed by atoms with E-state index in [1.807, 2.05) is 18.2 Å². The molecule has 1 aliphatic heterocycles. The molecule has 2 aromatic heterocycles. The van der Waals surface area contributed by atoms with Crippen LogP contribution in [0.15, 0.2) is 29.6 Å². The Morgan fingerprint density at radius 1 is 1.18 bits per heavy atom. The number of rotatable bonds is 7. The molecule has 7 nitrogen and oxygen atoms in total. The Labute approximate surface area is 206 Å². The lowest BCUT2D eigenvalue weighted by atomic mass is 9.91. The number of amides is 2. The summed E-state index contributed by atoms with van der Waals surface area (Å²) in [6.07, 6.45) is 3.60. The number of fused-ring (bicyclic) bond motifs is 2. The highest BCUT2D eigenvalue weighted by Crippen LogP contribution is 2.42. The molecule has 2 aliphatic rings. The van der Waals surface area contributed by atoms with Gasteiger partial charge in [0.05, 0.1) is 32.4 Å². The van der Waals surface area contributed by atoms with Crippen molar-refractivity contribution in [1.29, 1.82) is 0 Å². The molecule has 3 heterocycles. The second-order valence-electron chi connectivity index (χ2n) is 8.52. The lowest BCUT2D eigenvalue weighted by Crippen LogP contribution is -2.41. The summed E-state index contributed by atoms with van der Waals surface area (Å²) in [5, 5.41) is 5.63. The molecule has 9 heteroatoms. The fraction of sp³-hybridized carbons (Fsp3) is 0.360. The van der Waals surface area contributed by atoms with Crippen molar-refractivity contribution in [3.8, 4) is 11.5 Å². The Bertz CT molecular complexity index is 1240. The molecule has 1 atom stereocenters. The molecule has 0 unspecified atom stereocenters. The van der Waals surface area contributed by atoms with Gasteiger partial charge in [-0.1, -0.05) is 6.07 Å². The lowest BCUT2D eigenvalue weighted by Gasteiger charge is -2.37. The summed E-state index contributed by atoms with van der Waals surface area (Å²) in [6, 6.07) is 8.12. The van der Waals surface area contributed by atoms with E-state index < -0.39 is 5.91 Å². The molecule has 0 bridgehead atoms. The molecule has 3 N–H and O–H groups in total. The molecule has 3 aromatic rings. The zero-order valence-electron chi connectivity index (χ0n) is 19.2. The highest BCUT2D eigenvalue weighted by Gasteiger charge is 2.33. The molecule has 0 fully saturated rings. The van der Waals surface area contributed by atoms with E-state index >= 15 is 0 Å². The first-order chi connectivity index (χ1) is 16.5. The summed E-state index contributed by atoms with van der Waals surface area (Å²) in [5.74, 6) is 0.766. The number of primary amides is 1. The molecule has 1 aromatic carbocycles. The number of nitrogens with one attached hydrogen (secondary N) is 1. The van der Waals surface area contributed by atoms with E-state index in [1.165, 1.54) is 16.9 Å². The van der Waals surface area contributed by atoms with Crippen LogP contribution >= 0.6 is 22.7 Å². The van der Waals surface area contributed by atoms with Gasteiger partial charge in [-0.3, -0.25) is 14.5 Å².